The zero-order valence-corrected chi connectivity index (χ0v) is 10.8. The minimum Gasteiger partial charge on any atom is -0.177 e. The molecular formula is C14H15ClS. The molecule has 2 rings (SSSR count). The second-order valence-corrected chi connectivity index (χ2v) is 7.81. The van der Waals surface area contributed by atoms with Gasteiger partial charge in [-0.3, -0.25) is 0 Å². The molecule has 0 saturated carbocycles. The normalized spacial score (nSPS) is 12.4. The van der Waals surface area contributed by atoms with Gasteiger partial charge in [0.1, 0.15) is 0 Å². The van der Waals surface area contributed by atoms with Crippen LogP contribution in [0.4, 0.5) is 0 Å². The largest absolute Gasteiger partial charge is 0.177 e. The van der Waals surface area contributed by atoms with Crippen molar-refractivity contribution in [2.24, 2.45) is 0 Å². The molecule has 2 aromatic rings. The van der Waals surface area contributed by atoms with Crippen molar-refractivity contribution in [3.05, 3.63) is 60.7 Å². The predicted octanol–water partition coefficient (Wildman–Crippen LogP) is 4.74. The summed E-state index contributed by atoms with van der Waals surface area (Å²) in [5, 5.41) is 0.668. The second-order valence-electron chi connectivity index (χ2n) is 3.82. The first-order valence-corrected chi connectivity index (χ1v) is 7.94. The maximum Gasteiger partial charge on any atom is 0.0598 e. The van der Waals surface area contributed by atoms with Gasteiger partial charge in [0, 0.05) is 0 Å². The van der Waals surface area contributed by atoms with Crippen LogP contribution < -0.4 is 0 Å². The summed E-state index contributed by atoms with van der Waals surface area (Å²) >= 11 is 6.21. The number of rotatable bonds is 3. The fourth-order valence-electron chi connectivity index (χ4n) is 1.70. The maximum absolute atomic E-state index is 6.21. The van der Waals surface area contributed by atoms with Crippen LogP contribution in [-0.2, 0) is 0 Å². The van der Waals surface area contributed by atoms with Crippen molar-refractivity contribution in [2.45, 2.75) is 9.79 Å². The number of alkyl halides is 1. The van der Waals surface area contributed by atoms with E-state index in [1.807, 2.05) is 12.1 Å². The summed E-state index contributed by atoms with van der Waals surface area (Å²) in [7, 11) is -1.07. The summed E-state index contributed by atoms with van der Waals surface area (Å²) < 4.78 is 0. The van der Waals surface area contributed by atoms with Gasteiger partial charge in [0.15, 0.2) is 0 Å². The molecule has 0 fully saturated rings. The third-order valence-electron chi connectivity index (χ3n) is 2.75. The lowest BCUT2D eigenvalue weighted by Gasteiger charge is -2.34. The average molecular weight is 251 g/mol. The zero-order valence-electron chi connectivity index (χ0n) is 9.27. The van der Waals surface area contributed by atoms with E-state index >= 15 is 0 Å². The van der Waals surface area contributed by atoms with E-state index in [0.717, 1.165) is 0 Å². The number of hydrogen-bond donors (Lipinski definition) is 0. The lowest BCUT2D eigenvalue weighted by atomic mass is 10.4. The smallest absolute Gasteiger partial charge is 0.0598 e. The van der Waals surface area contributed by atoms with E-state index in [1.54, 1.807) is 0 Å². The predicted molar refractivity (Wildman–Crippen MR) is 73.7 cm³/mol. The molecule has 0 amide bonds. The van der Waals surface area contributed by atoms with Crippen molar-refractivity contribution in [3.63, 3.8) is 0 Å². The lowest BCUT2D eigenvalue weighted by molar-refractivity contribution is 1.35. The van der Waals surface area contributed by atoms with Gasteiger partial charge >= 0.3 is 0 Å². The Morgan fingerprint density at radius 2 is 1.19 bits per heavy atom. The van der Waals surface area contributed by atoms with Crippen molar-refractivity contribution in [1.29, 1.82) is 0 Å². The molecule has 0 nitrogen and oxygen atoms in total. The standard InChI is InChI=1S/C14H15ClS/c1-16(12-15,13-8-4-2-5-9-13)14-10-6-3-7-11-14/h2-11H,12H2,1H3. The molecule has 0 N–H and O–H groups in total. The van der Waals surface area contributed by atoms with Crippen LogP contribution in [0.3, 0.4) is 0 Å². The minimum absolute atomic E-state index is 0.668. The Balaban J connectivity index is 2.49. The molecular weight excluding hydrogens is 236 g/mol. The van der Waals surface area contributed by atoms with Crippen LogP contribution in [0.15, 0.2) is 70.5 Å². The fourth-order valence-corrected chi connectivity index (χ4v) is 4.50. The van der Waals surface area contributed by atoms with Crippen molar-refractivity contribution < 1.29 is 0 Å². The van der Waals surface area contributed by atoms with Crippen molar-refractivity contribution in [3.8, 4) is 0 Å². The van der Waals surface area contributed by atoms with E-state index in [-0.39, 0.29) is 0 Å². The van der Waals surface area contributed by atoms with E-state index in [9.17, 15) is 0 Å². The monoisotopic (exact) mass is 250 g/mol. The highest BCUT2D eigenvalue weighted by Gasteiger charge is 2.21. The molecule has 0 atom stereocenters. The molecule has 0 radical (unpaired) electrons. The van der Waals surface area contributed by atoms with Gasteiger partial charge in [-0.25, -0.2) is 0 Å². The van der Waals surface area contributed by atoms with Gasteiger partial charge in [0.2, 0.25) is 0 Å². The molecule has 16 heavy (non-hydrogen) atoms. The van der Waals surface area contributed by atoms with Crippen molar-refractivity contribution >= 4 is 21.6 Å². The Kier molecular flexibility index (Phi) is 3.57. The van der Waals surface area contributed by atoms with Gasteiger partial charge in [-0.2, -0.15) is 10.0 Å². The first kappa shape index (κ1) is 11.6. The quantitative estimate of drug-likeness (QED) is 0.691. The van der Waals surface area contributed by atoms with Gasteiger partial charge in [0.25, 0.3) is 0 Å². The summed E-state index contributed by atoms with van der Waals surface area (Å²) in [6, 6.07) is 21.1. The van der Waals surface area contributed by atoms with Crippen LogP contribution in [0.2, 0.25) is 0 Å². The fraction of sp³-hybridized carbons (Fsp3) is 0.143. The molecule has 0 aliphatic rings. The SMILES string of the molecule is CS(CCl)(c1ccccc1)c1ccccc1. The molecule has 2 heteroatoms. The highest BCUT2D eigenvalue weighted by molar-refractivity contribution is 8.34. The van der Waals surface area contributed by atoms with E-state index in [1.165, 1.54) is 9.79 Å². The summed E-state index contributed by atoms with van der Waals surface area (Å²) in [4.78, 5) is 2.69. The first-order valence-electron chi connectivity index (χ1n) is 5.19. The molecule has 0 bridgehead atoms. The molecule has 0 unspecified atom stereocenters. The number of benzene rings is 2. The number of halogens is 1. The van der Waals surface area contributed by atoms with E-state index < -0.39 is 10.0 Å². The average Bonchev–Trinajstić information content (AvgIpc) is 2.40. The highest BCUT2D eigenvalue weighted by Crippen LogP contribution is 2.59. The summed E-state index contributed by atoms with van der Waals surface area (Å²) in [6.07, 6.45) is 2.27. The van der Waals surface area contributed by atoms with E-state index in [4.69, 9.17) is 11.6 Å². The van der Waals surface area contributed by atoms with Crippen LogP contribution in [-0.4, -0.2) is 11.5 Å². The van der Waals surface area contributed by atoms with Crippen molar-refractivity contribution in [2.75, 3.05) is 11.5 Å². The van der Waals surface area contributed by atoms with Crippen molar-refractivity contribution in [1.82, 2.24) is 0 Å². The first-order chi connectivity index (χ1) is 7.77. The Morgan fingerprint density at radius 1 is 0.812 bits per heavy atom. The van der Waals surface area contributed by atoms with E-state index in [0.29, 0.717) is 5.21 Å². The third-order valence-corrected chi connectivity index (χ3v) is 7.12. The minimum atomic E-state index is -1.07. The van der Waals surface area contributed by atoms with Crippen LogP contribution in [0.1, 0.15) is 0 Å². The molecule has 84 valence electrons. The molecule has 0 saturated heterocycles. The van der Waals surface area contributed by atoms with Gasteiger partial charge in [-0.05, 0) is 40.3 Å². The Morgan fingerprint density at radius 3 is 1.50 bits per heavy atom. The van der Waals surface area contributed by atoms with E-state index in [2.05, 4.69) is 54.8 Å². The molecule has 0 heterocycles. The summed E-state index contributed by atoms with van der Waals surface area (Å²) in [5.74, 6) is 0. The van der Waals surface area contributed by atoms with Gasteiger partial charge in [-0.15, -0.1) is 11.6 Å². The highest BCUT2D eigenvalue weighted by atomic mass is 35.5. The Bertz CT molecular complexity index is 399. The van der Waals surface area contributed by atoms with Crippen LogP contribution >= 0.6 is 21.6 Å². The summed E-state index contributed by atoms with van der Waals surface area (Å²) in [6.45, 7) is 0. The molecule has 0 aliphatic heterocycles. The van der Waals surface area contributed by atoms with Crippen LogP contribution in [0, 0.1) is 0 Å². The third kappa shape index (κ3) is 2.11. The zero-order chi connectivity index (χ0) is 11.4. The molecule has 2 aromatic carbocycles. The van der Waals surface area contributed by atoms with Crippen LogP contribution in [0.25, 0.3) is 0 Å². The maximum atomic E-state index is 6.21. The second kappa shape index (κ2) is 4.94. The van der Waals surface area contributed by atoms with Gasteiger partial charge in [-0.1, -0.05) is 36.4 Å². The van der Waals surface area contributed by atoms with Gasteiger partial charge in [0.05, 0.1) is 5.21 Å². The molecule has 0 aromatic heterocycles. The topological polar surface area (TPSA) is 0 Å². The van der Waals surface area contributed by atoms with Gasteiger partial charge < -0.3 is 0 Å². The Hall–Kier alpha value is -0.920. The lowest BCUT2D eigenvalue weighted by Crippen LogP contribution is -2.01. The summed E-state index contributed by atoms with van der Waals surface area (Å²) in [5.41, 5.74) is 0. The molecule has 0 aliphatic carbocycles. The van der Waals surface area contributed by atoms with Crippen LogP contribution in [0.5, 0.6) is 0 Å². The number of hydrogen-bond acceptors (Lipinski definition) is 0. The Labute approximate surface area is 104 Å². The molecule has 0 spiro atoms.